The Morgan fingerprint density at radius 2 is 1.84 bits per heavy atom. The number of amides is 1. The van der Waals surface area contributed by atoms with E-state index < -0.39 is 6.04 Å². The molecule has 1 aromatic carbocycles. The number of Topliss-reactive ketones (excluding diaryl/α,β-unsaturated/α-hetero) is 1. The van der Waals surface area contributed by atoms with Crippen molar-refractivity contribution >= 4 is 23.5 Å². The van der Waals surface area contributed by atoms with E-state index in [2.05, 4.69) is 5.32 Å². The number of hydrogen-bond acceptors (Lipinski definition) is 4. The molecule has 1 atom stereocenters. The van der Waals surface area contributed by atoms with Crippen LogP contribution in [0.1, 0.15) is 20.8 Å². The minimum absolute atomic E-state index is 0.0296. The highest BCUT2D eigenvalue weighted by molar-refractivity contribution is 8.00. The molecule has 1 amide bonds. The Morgan fingerprint density at radius 3 is 2.32 bits per heavy atom. The lowest BCUT2D eigenvalue weighted by atomic mass is 10.0. The van der Waals surface area contributed by atoms with E-state index in [9.17, 15) is 9.59 Å². The van der Waals surface area contributed by atoms with Crippen LogP contribution in [0.15, 0.2) is 29.2 Å². The van der Waals surface area contributed by atoms with Crippen LogP contribution in [0.4, 0.5) is 0 Å². The van der Waals surface area contributed by atoms with Crippen LogP contribution in [-0.4, -0.2) is 28.6 Å². The monoisotopic (exact) mass is 281 g/mol. The fraction of sp³-hybridized carbons (Fsp3) is 0.429. The molecule has 0 aliphatic heterocycles. The number of nitrogens with one attached hydrogen (secondary N) is 1. The second-order valence-electron chi connectivity index (χ2n) is 4.68. The molecule has 0 aliphatic carbocycles. The third-order valence-electron chi connectivity index (χ3n) is 2.63. The molecule has 0 aliphatic rings. The number of carbonyl (C=O) groups excluding carboxylic acids is 2. The van der Waals surface area contributed by atoms with Gasteiger partial charge in [0.2, 0.25) is 5.91 Å². The van der Waals surface area contributed by atoms with Crippen molar-refractivity contribution in [2.45, 2.75) is 31.7 Å². The predicted molar refractivity (Wildman–Crippen MR) is 76.3 cm³/mol. The van der Waals surface area contributed by atoms with Gasteiger partial charge in [0.05, 0.1) is 11.8 Å². The molecule has 1 unspecified atom stereocenters. The molecule has 5 heteroatoms. The molecule has 0 radical (unpaired) electrons. The lowest BCUT2D eigenvalue weighted by Crippen LogP contribution is -2.44. The molecule has 0 bridgehead atoms. The first kappa shape index (κ1) is 15.6. The third-order valence-corrected chi connectivity index (χ3v) is 3.64. The molecule has 0 saturated heterocycles. The Hall–Kier alpha value is -1.49. The summed E-state index contributed by atoms with van der Waals surface area (Å²) in [4.78, 5) is 24.1. The Balaban J connectivity index is 2.47. The normalized spacial score (nSPS) is 12.2. The fourth-order valence-electron chi connectivity index (χ4n) is 1.64. The van der Waals surface area contributed by atoms with Crippen molar-refractivity contribution in [3.8, 4) is 5.75 Å². The summed E-state index contributed by atoms with van der Waals surface area (Å²) in [5.41, 5.74) is 0. The predicted octanol–water partition coefficient (Wildman–Crippen LogP) is 2.21. The van der Waals surface area contributed by atoms with Crippen LogP contribution >= 0.6 is 11.8 Å². The highest BCUT2D eigenvalue weighted by Gasteiger charge is 2.20. The number of thioether (sulfide) groups is 1. The zero-order valence-corrected chi connectivity index (χ0v) is 12.2. The number of aromatic hydroxyl groups is 1. The summed E-state index contributed by atoms with van der Waals surface area (Å²) in [6.07, 6.45) is 0. The molecule has 4 nitrogen and oxygen atoms in total. The van der Waals surface area contributed by atoms with Gasteiger partial charge >= 0.3 is 0 Å². The average Bonchev–Trinajstić information content (AvgIpc) is 2.34. The van der Waals surface area contributed by atoms with Crippen LogP contribution in [0, 0.1) is 5.92 Å². The van der Waals surface area contributed by atoms with Crippen LogP contribution in [0.5, 0.6) is 5.75 Å². The van der Waals surface area contributed by atoms with E-state index in [1.54, 1.807) is 24.3 Å². The van der Waals surface area contributed by atoms with Crippen LogP contribution in [0.2, 0.25) is 0 Å². The van der Waals surface area contributed by atoms with Gasteiger partial charge in [0.15, 0.2) is 5.78 Å². The number of phenolic OH excluding ortho intramolecular Hbond substituents is 1. The van der Waals surface area contributed by atoms with Crippen LogP contribution < -0.4 is 5.32 Å². The summed E-state index contributed by atoms with van der Waals surface area (Å²) in [6.45, 7) is 5.29. The van der Waals surface area contributed by atoms with Gasteiger partial charge in [-0.15, -0.1) is 11.8 Å². The van der Waals surface area contributed by atoms with Gasteiger partial charge in [0.25, 0.3) is 0 Å². The van der Waals surface area contributed by atoms with E-state index in [4.69, 9.17) is 5.11 Å². The second kappa shape index (κ2) is 7.19. The number of ketones is 1. The third kappa shape index (κ3) is 5.34. The van der Waals surface area contributed by atoms with Gasteiger partial charge in [-0.3, -0.25) is 9.59 Å². The van der Waals surface area contributed by atoms with Crippen molar-refractivity contribution in [1.29, 1.82) is 0 Å². The number of phenols is 1. The van der Waals surface area contributed by atoms with E-state index in [1.807, 2.05) is 13.8 Å². The molecule has 1 aromatic rings. The minimum Gasteiger partial charge on any atom is -0.508 e. The maximum atomic E-state index is 11.8. The van der Waals surface area contributed by atoms with E-state index in [0.29, 0.717) is 0 Å². The van der Waals surface area contributed by atoms with Crippen LogP contribution in [0.25, 0.3) is 0 Å². The van der Waals surface area contributed by atoms with Crippen molar-refractivity contribution in [3.63, 3.8) is 0 Å². The first-order valence-corrected chi connectivity index (χ1v) is 7.10. The number of benzene rings is 1. The molecule has 104 valence electrons. The summed E-state index contributed by atoms with van der Waals surface area (Å²) in [7, 11) is 0. The molecule has 0 spiro atoms. The molecule has 19 heavy (non-hydrogen) atoms. The maximum Gasteiger partial charge on any atom is 0.230 e. The van der Waals surface area contributed by atoms with Gasteiger partial charge in [-0.25, -0.2) is 0 Å². The molecular weight excluding hydrogens is 262 g/mol. The molecule has 0 aromatic heterocycles. The van der Waals surface area contributed by atoms with Gasteiger partial charge in [0.1, 0.15) is 5.75 Å². The summed E-state index contributed by atoms with van der Waals surface area (Å²) >= 11 is 1.37. The largest absolute Gasteiger partial charge is 0.508 e. The quantitative estimate of drug-likeness (QED) is 0.785. The molecule has 1 rings (SSSR count). The zero-order valence-electron chi connectivity index (χ0n) is 11.3. The van der Waals surface area contributed by atoms with E-state index >= 15 is 0 Å². The molecular formula is C14H19NO3S. The zero-order chi connectivity index (χ0) is 14.4. The number of carbonyl (C=O) groups is 2. The van der Waals surface area contributed by atoms with E-state index in [-0.39, 0.29) is 29.1 Å². The second-order valence-corrected chi connectivity index (χ2v) is 5.73. The molecule has 0 saturated carbocycles. The number of hydrogen-bond donors (Lipinski definition) is 2. The number of rotatable bonds is 6. The Morgan fingerprint density at radius 1 is 1.26 bits per heavy atom. The Labute approximate surface area is 117 Å². The maximum absolute atomic E-state index is 11.8. The smallest absolute Gasteiger partial charge is 0.230 e. The summed E-state index contributed by atoms with van der Waals surface area (Å²) in [6, 6.07) is 6.23. The lowest BCUT2D eigenvalue weighted by Gasteiger charge is -2.19. The van der Waals surface area contributed by atoms with Gasteiger partial charge in [-0.2, -0.15) is 0 Å². The highest BCUT2D eigenvalue weighted by atomic mass is 32.2. The van der Waals surface area contributed by atoms with Gasteiger partial charge in [-0.1, -0.05) is 13.8 Å². The van der Waals surface area contributed by atoms with Crippen molar-refractivity contribution in [2.75, 3.05) is 5.75 Å². The van der Waals surface area contributed by atoms with Crippen LogP contribution in [-0.2, 0) is 9.59 Å². The van der Waals surface area contributed by atoms with Crippen molar-refractivity contribution < 1.29 is 14.7 Å². The van der Waals surface area contributed by atoms with E-state index in [1.165, 1.54) is 18.7 Å². The first-order chi connectivity index (χ1) is 8.90. The molecule has 2 N–H and O–H groups in total. The SMILES string of the molecule is CC(=O)C(NC(=O)CSc1ccc(O)cc1)C(C)C. The van der Waals surface area contributed by atoms with Crippen molar-refractivity contribution in [1.82, 2.24) is 5.32 Å². The van der Waals surface area contributed by atoms with E-state index in [0.717, 1.165) is 4.90 Å². The standard InChI is InChI=1S/C14H19NO3S/c1-9(2)14(10(3)16)15-13(18)8-19-12-6-4-11(17)5-7-12/h4-7,9,14,17H,8H2,1-3H3,(H,15,18). The minimum atomic E-state index is -0.423. The van der Waals surface area contributed by atoms with Crippen LogP contribution in [0.3, 0.4) is 0 Å². The van der Waals surface area contributed by atoms with Gasteiger partial charge in [-0.05, 0) is 37.1 Å². The summed E-state index contributed by atoms with van der Waals surface area (Å²) in [5.74, 6) is 0.344. The molecule has 0 heterocycles. The first-order valence-electron chi connectivity index (χ1n) is 6.11. The molecule has 0 fully saturated rings. The lowest BCUT2D eigenvalue weighted by molar-refractivity contribution is -0.126. The Kier molecular flexibility index (Phi) is 5.89. The summed E-state index contributed by atoms with van der Waals surface area (Å²) in [5, 5.41) is 11.9. The Bertz CT molecular complexity index is 443. The van der Waals surface area contributed by atoms with Crippen molar-refractivity contribution in [2.24, 2.45) is 5.92 Å². The fourth-order valence-corrected chi connectivity index (χ4v) is 2.35. The van der Waals surface area contributed by atoms with Crippen molar-refractivity contribution in [3.05, 3.63) is 24.3 Å². The summed E-state index contributed by atoms with van der Waals surface area (Å²) < 4.78 is 0. The topological polar surface area (TPSA) is 66.4 Å². The average molecular weight is 281 g/mol. The van der Waals surface area contributed by atoms with Gasteiger partial charge in [0, 0.05) is 4.90 Å². The van der Waals surface area contributed by atoms with Gasteiger partial charge < -0.3 is 10.4 Å². The highest BCUT2D eigenvalue weighted by Crippen LogP contribution is 2.20.